The minimum absolute atomic E-state index is 0.277. The van der Waals surface area contributed by atoms with E-state index in [0.717, 1.165) is 13.1 Å². The highest BCUT2D eigenvalue weighted by molar-refractivity contribution is 6.20. The summed E-state index contributed by atoms with van der Waals surface area (Å²) in [5, 5.41) is 0.365. The number of hydrogen-bond donors (Lipinski definition) is 0. The molecule has 0 radical (unpaired) electrons. The topological polar surface area (TPSA) is 12.5 Å². The van der Waals surface area contributed by atoms with Crippen molar-refractivity contribution >= 4 is 11.6 Å². The Kier molecular flexibility index (Phi) is 4.17. The number of piperidine rings is 1. The zero-order valence-corrected chi connectivity index (χ0v) is 12.1. The molecule has 2 nitrogen and oxygen atoms in total. The van der Waals surface area contributed by atoms with Gasteiger partial charge in [-0.3, -0.25) is 4.90 Å². The molecule has 0 aromatic heterocycles. The second-order valence-corrected chi connectivity index (χ2v) is 7.14. The van der Waals surface area contributed by atoms with E-state index in [1.165, 1.54) is 64.3 Å². The van der Waals surface area contributed by atoms with Gasteiger partial charge in [0, 0.05) is 18.5 Å². The number of alkyl halides is 1. The molecule has 0 aromatic carbocycles. The van der Waals surface area contributed by atoms with E-state index in [4.69, 9.17) is 16.3 Å². The molecule has 2 atom stereocenters. The lowest BCUT2D eigenvalue weighted by Crippen LogP contribution is -2.41. The standard InChI is InChI=1S/C15H26ClNO/c16-13-5-4-10-17(11-13)12-14-6-9-15(18-14)7-2-1-3-8-15/h13-14H,1-12H2. The summed E-state index contributed by atoms with van der Waals surface area (Å²) in [7, 11) is 0. The van der Waals surface area contributed by atoms with Gasteiger partial charge in [0.1, 0.15) is 0 Å². The van der Waals surface area contributed by atoms with Crippen LogP contribution in [-0.2, 0) is 4.74 Å². The van der Waals surface area contributed by atoms with E-state index in [0.29, 0.717) is 11.5 Å². The van der Waals surface area contributed by atoms with Crippen molar-refractivity contribution in [3.63, 3.8) is 0 Å². The molecule has 18 heavy (non-hydrogen) atoms. The summed E-state index contributed by atoms with van der Waals surface area (Å²) in [6, 6.07) is 0. The molecule has 2 saturated heterocycles. The molecule has 2 heterocycles. The Hall–Kier alpha value is 0.210. The van der Waals surface area contributed by atoms with Crippen LogP contribution in [0.3, 0.4) is 0 Å². The molecule has 3 aliphatic rings. The van der Waals surface area contributed by atoms with Gasteiger partial charge >= 0.3 is 0 Å². The molecule has 0 bridgehead atoms. The zero-order valence-electron chi connectivity index (χ0n) is 11.4. The molecule has 0 N–H and O–H groups in total. The fraction of sp³-hybridized carbons (Fsp3) is 1.00. The van der Waals surface area contributed by atoms with E-state index in [-0.39, 0.29) is 5.60 Å². The Morgan fingerprint density at radius 2 is 1.89 bits per heavy atom. The first-order valence-electron chi connectivity index (χ1n) is 7.80. The molecule has 1 spiro atoms. The van der Waals surface area contributed by atoms with E-state index in [1.807, 2.05) is 0 Å². The van der Waals surface area contributed by atoms with Crippen LogP contribution in [0.15, 0.2) is 0 Å². The summed E-state index contributed by atoms with van der Waals surface area (Å²) < 4.78 is 6.44. The summed E-state index contributed by atoms with van der Waals surface area (Å²) in [4.78, 5) is 2.52. The Balaban J connectivity index is 1.49. The Labute approximate surface area is 116 Å². The number of ether oxygens (including phenoxy) is 1. The maximum atomic E-state index is 6.44. The van der Waals surface area contributed by atoms with Gasteiger partial charge in [0.25, 0.3) is 0 Å². The van der Waals surface area contributed by atoms with Crippen molar-refractivity contribution in [2.75, 3.05) is 19.6 Å². The van der Waals surface area contributed by atoms with Crippen LogP contribution in [-0.4, -0.2) is 41.6 Å². The number of halogens is 1. The summed E-state index contributed by atoms with van der Waals surface area (Å²) in [5.74, 6) is 0. The van der Waals surface area contributed by atoms with E-state index in [1.54, 1.807) is 0 Å². The van der Waals surface area contributed by atoms with Crippen molar-refractivity contribution in [3.05, 3.63) is 0 Å². The summed E-state index contributed by atoms with van der Waals surface area (Å²) in [6.07, 6.45) is 12.3. The molecule has 104 valence electrons. The number of rotatable bonds is 2. The fourth-order valence-corrected chi connectivity index (χ4v) is 4.39. The van der Waals surface area contributed by atoms with Gasteiger partial charge in [0.05, 0.1) is 11.7 Å². The third kappa shape index (κ3) is 3.02. The highest BCUT2D eigenvalue weighted by Crippen LogP contribution is 2.42. The lowest BCUT2D eigenvalue weighted by molar-refractivity contribution is -0.0726. The van der Waals surface area contributed by atoms with Crippen LogP contribution in [0.25, 0.3) is 0 Å². The molecule has 3 rings (SSSR count). The van der Waals surface area contributed by atoms with Gasteiger partial charge in [0.15, 0.2) is 0 Å². The predicted octanol–water partition coefficient (Wildman–Crippen LogP) is 3.57. The van der Waals surface area contributed by atoms with Gasteiger partial charge in [-0.1, -0.05) is 19.3 Å². The van der Waals surface area contributed by atoms with Crippen molar-refractivity contribution in [2.45, 2.75) is 74.9 Å². The number of hydrogen-bond acceptors (Lipinski definition) is 2. The molecule has 2 unspecified atom stereocenters. The zero-order chi connectivity index (χ0) is 12.4. The van der Waals surface area contributed by atoms with Gasteiger partial charge in [-0.05, 0) is 45.1 Å². The molecular weight excluding hydrogens is 246 g/mol. The minimum atomic E-state index is 0.277. The van der Waals surface area contributed by atoms with Gasteiger partial charge in [-0.25, -0.2) is 0 Å². The molecule has 1 aliphatic carbocycles. The van der Waals surface area contributed by atoms with Gasteiger partial charge in [0.2, 0.25) is 0 Å². The Morgan fingerprint density at radius 3 is 2.67 bits per heavy atom. The lowest BCUT2D eigenvalue weighted by Gasteiger charge is -2.35. The van der Waals surface area contributed by atoms with Crippen molar-refractivity contribution < 1.29 is 4.74 Å². The number of nitrogens with zero attached hydrogens (tertiary/aromatic N) is 1. The molecule has 3 heteroatoms. The SMILES string of the molecule is ClC1CCCN(CC2CCC3(CCCCC3)O2)C1. The van der Waals surface area contributed by atoms with Crippen molar-refractivity contribution in [1.82, 2.24) is 4.90 Å². The quantitative estimate of drug-likeness (QED) is 0.712. The summed E-state index contributed by atoms with van der Waals surface area (Å²) in [5.41, 5.74) is 0.277. The van der Waals surface area contributed by atoms with Gasteiger partial charge in [-0.2, -0.15) is 0 Å². The smallest absolute Gasteiger partial charge is 0.0710 e. The van der Waals surface area contributed by atoms with E-state index in [9.17, 15) is 0 Å². The molecule has 0 aromatic rings. The van der Waals surface area contributed by atoms with Gasteiger partial charge in [-0.15, -0.1) is 11.6 Å². The first kappa shape index (κ1) is 13.2. The van der Waals surface area contributed by atoms with Gasteiger partial charge < -0.3 is 4.74 Å². The summed E-state index contributed by atoms with van der Waals surface area (Å²) >= 11 is 6.26. The van der Waals surface area contributed by atoms with Crippen LogP contribution in [0.4, 0.5) is 0 Å². The molecule has 0 amide bonds. The first-order chi connectivity index (χ1) is 8.76. The van der Waals surface area contributed by atoms with E-state index >= 15 is 0 Å². The highest BCUT2D eigenvalue weighted by Gasteiger charge is 2.41. The van der Waals surface area contributed by atoms with Crippen LogP contribution >= 0.6 is 11.6 Å². The van der Waals surface area contributed by atoms with Crippen LogP contribution in [0, 0.1) is 0 Å². The second kappa shape index (κ2) is 5.68. The third-order valence-electron chi connectivity index (χ3n) is 5.01. The third-order valence-corrected chi connectivity index (χ3v) is 5.37. The largest absolute Gasteiger partial charge is 0.370 e. The Morgan fingerprint density at radius 1 is 1.06 bits per heavy atom. The van der Waals surface area contributed by atoms with E-state index < -0.39 is 0 Å². The van der Waals surface area contributed by atoms with Crippen molar-refractivity contribution in [3.8, 4) is 0 Å². The van der Waals surface area contributed by atoms with Crippen LogP contribution in [0.1, 0.15) is 57.8 Å². The molecule has 3 fully saturated rings. The average Bonchev–Trinajstić information content (AvgIpc) is 2.73. The fourth-order valence-electron chi connectivity index (χ4n) is 4.04. The normalized spacial score (nSPS) is 37.2. The first-order valence-corrected chi connectivity index (χ1v) is 8.24. The summed E-state index contributed by atoms with van der Waals surface area (Å²) in [6.45, 7) is 3.40. The number of likely N-dealkylation sites (tertiary alicyclic amines) is 1. The lowest BCUT2D eigenvalue weighted by atomic mass is 9.83. The van der Waals surface area contributed by atoms with Crippen molar-refractivity contribution in [1.29, 1.82) is 0 Å². The monoisotopic (exact) mass is 271 g/mol. The minimum Gasteiger partial charge on any atom is -0.370 e. The second-order valence-electron chi connectivity index (χ2n) is 6.52. The molecule has 2 aliphatic heterocycles. The van der Waals surface area contributed by atoms with Crippen LogP contribution in [0.2, 0.25) is 0 Å². The molecule has 1 saturated carbocycles. The molecular formula is C15H26ClNO. The maximum absolute atomic E-state index is 6.44. The maximum Gasteiger partial charge on any atom is 0.0710 e. The van der Waals surface area contributed by atoms with Crippen molar-refractivity contribution in [2.24, 2.45) is 0 Å². The highest BCUT2D eigenvalue weighted by atomic mass is 35.5. The Bertz CT molecular complexity index is 278. The van der Waals surface area contributed by atoms with Crippen LogP contribution < -0.4 is 0 Å². The predicted molar refractivity (Wildman–Crippen MR) is 75.2 cm³/mol. The average molecular weight is 272 g/mol. The van der Waals surface area contributed by atoms with E-state index in [2.05, 4.69) is 4.90 Å². The van der Waals surface area contributed by atoms with Crippen LogP contribution in [0.5, 0.6) is 0 Å².